The maximum atomic E-state index is 13.1. The first-order valence-electron chi connectivity index (χ1n) is 14.4. The van der Waals surface area contributed by atoms with Crippen molar-refractivity contribution in [2.45, 2.75) is 101 Å². The van der Waals surface area contributed by atoms with Crippen LogP contribution < -0.4 is 4.74 Å². The van der Waals surface area contributed by atoms with Crippen LogP contribution in [0.5, 0.6) is 5.75 Å². The lowest BCUT2D eigenvalue weighted by Gasteiger charge is -2.50. The molecule has 13 heteroatoms. The summed E-state index contributed by atoms with van der Waals surface area (Å²) in [6.45, 7) is 1.04. The minimum atomic E-state index is -6.73. The van der Waals surface area contributed by atoms with Crippen molar-refractivity contribution in [1.29, 1.82) is 0 Å². The topological polar surface area (TPSA) is 47.9 Å². The van der Waals surface area contributed by atoms with Crippen molar-refractivity contribution in [3.8, 4) is 5.75 Å². The number of alkyl halides is 9. The van der Waals surface area contributed by atoms with Crippen LogP contribution in [-0.2, 0) is 15.9 Å². The molecule has 0 spiro atoms. The van der Waals surface area contributed by atoms with Crippen LogP contribution in [0, 0.1) is 17.3 Å². The van der Waals surface area contributed by atoms with Crippen molar-refractivity contribution in [2.75, 3.05) is 26.4 Å². The van der Waals surface area contributed by atoms with Gasteiger partial charge in [0.25, 0.3) is 0 Å². The van der Waals surface area contributed by atoms with Crippen molar-refractivity contribution in [3.05, 3.63) is 29.3 Å². The second kappa shape index (κ2) is 12.3. The van der Waals surface area contributed by atoms with Crippen molar-refractivity contribution in [3.63, 3.8) is 0 Å². The van der Waals surface area contributed by atoms with Crippen molar-refractivity contribution < 1.29 is 58.8 Å². The van der Waals surface area contributed by atoms with E-state index in [1.54, 1.807) is 0 Å². The van der Waals surface area contributed by atoms with E-state index in [1.165, 1.54) is 11.1 Å². The summed E-state index contributed by atoms with van der Waals surface area (Å²) in [5.74, 6) is 1.88. The minimum Gasteiger partial charge on any atom is -0.494 e. The molecule has 1 aromatic carbocycles. The number of benzene rings is 1. The predicted molar refractivity (Wildman–Crippen MR) is 134 cm³/mol. The summed E-state index contributed by atoms with van der Waals surface area (Å²) in [6.07, 6.45) is -14.5. The molecule has 0 saturated heterocycles. The highest BCUT2D eigenvalue weighted by atomic mass is 19.4. The first-order chi connectivity index (χ1) is 19.6. The van der Waals surface area contributed by atoms with Crippen LogP contribution in [0.1, 0.15) is 75.3 Å². The molecule has 3 aliphatic carbocycles. The maximum absolute atomic E-state index is 13.1. The standard InChI is InChI=1S/C29H37F9O4/c1-25-12-11-21-20-8-6-19(40-14-3-2-13-39)17-18(20)5-7-22(21)23(25)9-10-24(25)41-15-4-16-42-26(27(30,31)32,28(33,34)35)29(36,37)38/h6,8,17,21-24,39H,2-5,7,9-16H2,1H3/t21-,22-,23+,24+,25+/m1/s1. The predicted octanol–water partition coefficient (Wildman–Crippen LogP) is 7.91. The number of ether oxygens (including phenoxy) is 3. The Morgan fingerprint density at radius 1 is 0.833 bits per heavy atom. The molecule has 4 nitrogen and oxygen atoms in total. The molecule has 5 atom stereocenters. The van der Waals surface area contributed by atoms with Crippen molar-refractivity contribution in [2.24, 2.45) is 17.3 Å². The van der Waals surface area contributed by atoms with Gasteiger partial charge in [-0.3, -0.25) is 0 Å². The lowest BCUT2D eigenvalue weighted by atomic mass is 9.55. The van der Waals surface area contributed by atoms with Crippen molar-refractivity contribution >= 4 is 0 Å². The molecular formula is C29H37F9O4. The van der Waals surface area contributed by atoms with Crippen LogP contribution in [0.2, 0.25) is 0 Å². The molecule has 2 saturated carbocycles. The summed E-state index contributed by atoms with van der Waals surface area (Å²) < 4.78 is 133. The Kier molecular flexibility index (Phi) is 9.75. The first-order valence-corrected chi connectivity index (χ1v) is 14.4. The van der Waals surface area contributed by atoms with Gasteiger partial charge in [-0.1, -0.05) is 13.0 Å². The van der Waals surface area contributed by atoms with Gasteiger partial charge in [0.1, 0.15) is 5.75 Å². The summed E-state index contributed by atoms with van der Waals surface area (Å²) in [5.41, 5.74) is -3.93. The van der Waals surface area contributed by atoms with Crippen molar-refractivity contribution in [1.82, 2.24) is 0 Å². The van der Waals surface area contributed by atoms with Gasteiger partial charge in [0.15, 0.2) is 0 Å². The van der Waals surface area contributed by atoms with Gasteiger partial charge >= 0.3 is 24.1 Å². The van der Waals surface area contributed by atoms with E-state index in [-0.39, 0.29) is 24.7 Å². The van der Waals surface area contributed by atoms with Crippen LogP contribution in [-0.4, -0.2) is 61.8 Å². The molecule has 42 heavy (non-hydrogen) atoms. The summed E-state index contributed by atoms with van der Waals surface area (Å²) in [4.78, 5) is 0. The average molecular weight is 621 g/mol. The van der Waals surface area contributed by atoms with Gasteiger partial charge in [-0.15, -0.1) is 0 Å². The zero-order valence-electron chi connectivity index (χ0n) is 23.3. The molecule has 2 fully saturated rings. The molecule has 0 aliphatic heterocycles. The minimum absolute atomic E-state index is 0.128. The molecule has 0 amide bonds. The van der Waals surface area contributed by atoms with E-state index in [0.717, 1.165) is 44.3 Å². The first kappa shape index (κ1) is 33.2. The molecule has 0 unspecified atom stereocenters. The van der Waals surface area contributed by atoms with E-state index in [9.17, 15) is 39.5 Å². The van der Waals surface area contributed by atoms with Crippen LogP contribution in [0.15, 0.2) is 18.2 Å². The fourth-order valence-electron chi connectivity index (χ4n) is 7.52. The van der Waals surface area contributed by atoms with E-state index in [2.05, 4.69) is 23.8 Å². The molecule has 0 aromatic heterocycles. The number of aliphatic hydroxyl groups excluding tert-OH is 1. The quantitative estimate of drug-likeness (QED) is 0.202. The Bertz CT molecular complexity index is 1020. The van der Waals surface area contributed by atoms with Gasteiger partial charge in [-0.05, 0) is 104 Å². The van der Waals surface area contributed by atoms with E-state index in [0.29, 0.717) is 37.2 Å². The molecule has 0 radical (unpaired) electrons. The average Bonchev–Trinajstić information content (AvgIpc) is 3.22. The Labute approximate surface area is 238 Å². The lowest BCUT2D eigenvalue weighted by Crippen LogP contribution is -2.67. The number of fused-ring (bicyclic) bond motifs is 5. The second-order valence-corrected chi connectivity index (χ2v) is 11.9. The molecular weight excluding hydrogens is 583 g/mol. The monoisotopic (exact) mass is 620 g/mol. The van der Waals surface area contributed by atoms with Crippen LogP contribution >= 0.6 is 0 Å². The van der Waals surface area contributed by atoms with Gasteiger partial charge in [-0.25, -0.2) is 0 Å². The van der Waals surface area contributed by atoms with Gasteiger partial charge in [-0.2, -0.15) is 39.5 Å². The molecule has 4 rings (SSSR count). The highest BCUT2D eigenvalue weighted by Crippen LogP contribution is 2.62. The SMILES string of the molecule is C[C@]12CC[C@@H]3c4ccc(OCCCCO)cc4CC[C@H]3[C@@H]1CC[C@@H]2OCCCOC(C(F)(F)F)(C(F)(F)F)C(F)(F)F. The van der Waals surface area contributed by atoms with Gasteiger partial charge in [0, 0.05) is 13.2 Å². The number of hydrogen-bond donors (Lipinski definition) is 1. The molecule has 0 bridgehead atoms. The number of aliphatic hydroxyl groups is 1. The third-order valence-electron chi connectivity index (χ3n) is 9.56. The molecule has 1 aromatic rings. The largest absolute Gasteiger partial charge is 0.494 e. The van der Waals surface area contributed by atoms with Crippen LogP contribution in [0.25, 0.3) is 0 Å². The summed E-state index contributed by atoms with van der Waals surface area (Å²) in [6, 6.07) is 6.19. The number of hydrogen-bond acceptors (Lipinski definition) is 4. The summed E-state index contributed by atoms with van der Waals surface area (Å²) in [5, 5.41) is 8.92. The lowest BCUT2D eigenvalue weighted by molar-refractivity contribution is -0.457. The number of aryl methyl sites for hydroxylation is 1. The number of unbranched alkanes of at least 4 members (excludes halogenated alkanes) is 1. The van der Waals surface area contributed by atoms with E-state index in [4.69, 9.17) is 14.6 Å². The second-order valence-electron chi connectivity index (χ2n) is 11.9. The molecule has 240 valence electrons. The van der Waals surface area contributed by atoms with Gasteiger partial charge in [0.05, 0.1) is 19.3 Å². The highest BCUT2D eigenvalue weighted by molar-refractivity contribution is 5.40. The van der Waals surface area contributed by atoms with Gasteiger partial charge < -0.3 is 19.3 Å². The van der Waals surface area contributed by atoms with Crippen LogP contribution in [0.4, 0.5) is 39.5 Å². The van der Waals surface area contributed by atoms with E-state index in [1.807, 2.05) is 6.07 Å². The highest BCUT2D eigenvalue weighted by Gasteiger charge is 2.85. The van der Waals surface area contributed by atoms with Crippen LogP contribution in [0.3, 0.4) is 0 Å². The summed E-state index contributed by atoms with van der Waals surface area (Å²) >= 11 is 0. The Hall–Kier alpha value is -1.73. The Balaban J connectivity index is 1.34. The maximum Gasteiger partial charge on any atom is 0.435 e. The fourth-order valence-corrected chi connectivity index (χ4v) is 7.52. The third kappa shape index (κ3) is 6.11. The molecule has 1 N–H and O–H groups in total. The third-order valence-corrected chi connectivity index (χ3v) is 9.56. The number of rotatable bonds is 11. The Morgan fingerprint density at radius 3 is 2.17 bits per heavy atom. The van der Waals surface area contributed by atoms with E-state index >= 15 is 0 Å². The Morgan fingerprint density at radius 2 is 1.52 bits per heavy atom. The fraction of sp³-hybridized carbons (Fsp3) is 0.793. The zero-order valence-corrected chi connectivity index (χ0v) is 23.3. The molecule has 0 heterocycles. The number of halogens is 9. The van der Waals surface area contributed by atoms with E-state index < -0.39 is 37.2 Å². The summed E-state index contributed by atoms with van der Waals surface area (Å²) in [7, 11) is 0. The molecule has 3 aliphatic rings. The normalized spacial score (nSPS) is 28.3. The zero-order chi connectivity index (χ0) is 31.0. The smallest absolute Gasteiger partial charge is 0.435 e. The van der Waals surface area contributed by atoms with Gasteiger partial charge in [0.2, 0.25) is 0 Å².